The molecule has 9 nitrogen and oxygen atoms in total. The van der Waals surface area contributed by atoms with Crippen LogP contribution in [-0.2, 0) is 0 Å². The highest BCUT2D eigenvalue weighted by Crippen LogP contribution is 2.49. The van der Waals surface area contributed by atoms with Crippen LogP contribution in [-0.4, -0.2) is 0 Å². The van der Waals surface area contributed by atoms with Gasteiger partial charge in [-0.15, -0.1) is 0 Å². The van der Waals surface area contributed by atoms with Crippen molar-refractivity contribution in [3.05, 3.63) is 255 Å². The zero-order valence-electron chi connectivity index (χ0n) is 47.0. The van der Waals surface area contributed by atoms with E-state index in [-0.39, 0.29) is 0 Å². The number of hydrogen-bond donors (Lipinski definition) is 0. The maximum atomic E-state index is 6.92. The van der Waals surface area contributed by atoms with Gasteiger partial charge in [-0.25, -0.2) is 0 Å². The molecule has 0 radical (unpaired) electrons. The maximum Gasteiger partial charge on any atom is 0.159 e. The summed E-state index contributed by atoms with van der Waals surface area (Å²) in [6.45, 7) is 0. The van der Waals surface area contributed by atoms with Crippen molar-refractivity contribution in [3.8, 4) is 0 Å². The lowest BCUT2D eigenvalue weighted by Crippen LogP contribution is -2.10. The molecule has 0 atom stereocenters. The highest BCUT2D eigenvalue weighted by molar-refractivity contribution is 6.23. The predicted molar refractivity (Wildman–Crippen MR) is 362 cm³/mol. The first-order chi connectivity index (χ1) is 44.0. The first-order valence-corrected chi connectivity index (χ1v) is 29.8. The van der Waals surface area contributed by atoms with Gasteiger partial charge < -0.3 is 40.7 Å². The van der Waals surface area contributed by atoms with Crippen molar-refractivity contribution < 1.29 is 30.9 Å². The van der Waals surface area contributed by atoms with Crippen LogP contribution in [0.25, 0.3) is 175 Å². The van der Waals surface area contributed by atoms with Crippen LogP contribution in [0.2, 0.25) is 0 Å². The summed E-state index contributed by atoms with van der Waals surface area (Å²) in [6.07, 6.45) is 0. The van der Waals surface area contributed by atoms with Crippen LogP contribution in [0.4, 0.5) is 34.1 Å². The van der Waals surface area contributed by atoms with Crippen molar-refractivity contribution >= 4 is 209 Å². The van der Waals surface area contributed by atoms with Gasteiger partial charge in [0.25, 0.3) is 0 Å². The summed E-state index contributed by atoms with van der Waals surface area (Å²) < 4.78 is 47.4. The minimum atomic E-state index is 0.736. The van der Waals surface area contributed by atoms with E-state index >= 15 is 0 Å². The third kappa shape index (κ3) is 6.62. The van der Waals surface area contributed by atoms with E-state index in [9.17, 15) is 0 Å². The Morgan fingerprint density at radius 2 is 0.494 bits per heavy atom. The molecule has 0 spiro atoms. The number of furan rings is 7. The third-order valence-electron chi connectivity index (χ3n) is 18.6. The van der Waals surface area contributed by atoms with Crippen molar-refractivity contribution in [1.82, 2.24) is 0 Å². The van der Waals surface area contributed by atoms with E-state index in [2.05, 4.69) is 240 Å². The highest BCUT2D eigenvalue weighted by atomic mass is 16.4. The van der Waals surface area contributed by atoms with Gasteiger partial charge in [-0.05, 0) is 131 Å². The molecule has 0 fully saturated rings. The molecule has 0 aliphatic rings. The number of para-hydroxylation sites is 4. The van der Waals surface area contributed by atoms with Crippen LogP contribution in [0.5, 0.6) is 0 Å². The monoisotopic (exact) mass is 1140 g/mol. The molecule has 0 unspecified atom stereocenters. The van der Waals surface area contributed by atoms with Gasteiger partial charge in [0.05, 0.1) is 34.1 Å². The van der Waals surface area contributed by atoms with Crippen molar-refractivity contribution in [3.63, 3.8) is 0 Å². The van der Waals surface area contributed by atoms with Gasteiger partial charge in [-0.1, -0.05) is 121 Å². The molecule has 0 bridgehead atoms. The summed E-state index contributed by atoms with van der Waals surface area (Å²) in [5, 5.41) is 18.9. The first-order valence-electron chi connectivity index (χ1n) is 29.8. The van der Waals surface area contributed by atoms with Gasteiger partial charge in [0.2, 0.25) is 0 Å². The summed E-state index contributed by atoms with van der Waals surface area (Å²) in [4.78, 5) is 4.48. The molecule has 9 heteroatoms. The standard InChI is InChI=1S/C80H42N2O7/c1-3-13-49-43(11-1)23-33-67-77(49)57-31-27-47(37-71(57)83-67)81(63-19-9-17-55-51-15-5-7-21-65(51)88-79(55)63)45-25-29-53-59-39-75-61(41-73(59)85-69(53)35-45)62-42-74-60(40-76(62)87-75)54-30-26-46(36-70(54)86-74)82(64-20-10-18-56-52-16-6-8-22-66(52)89-80(56)64)48-28-32-58-72(38-48)84-68-34-24-44-12-2-4-14-50(44)78(58)68/h1-42H. The molecular formula is C80H42N2O7. The highest BCUT2D eigenvalue weighted by Gasteiger charge is 2.26. The van der Waals surface area contributed by atoms with Gasteiger partial charge in [0.15, 0.2) is 11.2 Å². The fraction of sp³-hybridized carbons (Fsp3) is 0. The van der Waals surface area contributed by atoms with Crippen LogP contribution in [0.3, 0.4) is 0 Å². The molecule has 0 amide bonds. The summed E-state index contributed by atoms with van der Waals surface area (Å²) in [6, 6.07) is 88.6. The fourth-order valence-electron chi connectivity index (χ4n) is 14.6. The molecular weight excluding hydrogens is 1100 g/mol. The molecule has 21 aromatic rings. The average molecular weight is 1140 g/mol. The molecule has 0 N–H and O–H groups in total. The van der Waals surface area contributed by atoms with Crippen molar-refractivity contribution in [1.29, 1.82) is 0 Å². The van der Waals surface area contributed by atoms with E-state index in [0.717, 1.165) is 198 Å². The van der Waals surface area contributed by atoms with Gasteiger partial charge in [-0.3, -0.25) is 0 Å². The van der Waals surface area contributed by atoms with E-state index in [4.69, 9.17) is 30.9 Å². The molecule has 7 aromatic heterocycles. The molecule has 0 saturated carbocycles. The van der Waals surface area contributed by atoms with Gasteiger partial charge in [0, 0.05) is 99.7 Å². The van der Waals surface area contributed by atoms with E-state index < -0.39 is 0 Å². The van der Waals surface area contributed by atoms with Crippen LogP contribution >= 0.6 is 0 Å². The largest absolute Gasteiger partial charge is 0.456 e. The Kier molecular flexibility index (Phi) is 9.13. The molecule has 0 saturated heterocycles. The second kappa shape index (κ2) is 17.2. The summed E-state index contributed by atoms with van der Waals surface area (Å²) >= 11 is 0. The lowest BCUT2D eigenvalue weighted by molar-refractivity contribution is 0.662. The summed E-state index contributed by atoms with van der Waals surface area (Å²) in [5.41, 5.74) is 16.4. The van der Waals surface area contributed by atoms with E-state index in [1.54, 1.807) is 0 Å². The molecule has 14 aromatic carbocycles. The summed E-state index contributed by atoms with van der Waals surface area (Å²) in [7, 11) is 0. The SMILES string of the molecule is c1ccc2c(c1)ccc1oc3cc(N(c4ccc5c(c4)oc4cc6c(cc45)oc4cc5c(cc46)oc4cc(N(c6ccc7c(c6)oc6ccc8ccccc8c67)c6cccc7c6oc6ccccc67)ccc45)c4cccc5c4oc4ccccc45)ccc3c12. The number of anilines is 6. The Morgan fingerprint density at radius 3 is 0.921 bits per heavy atom. The van der Waals surface area contributed by atoms with Crippen LogP contribution in [0, 0.1) is 0 Å². The Hall–Kier alpha value is -12.2. The van der Waals surface area contributed by atoms with Crippen LogP contribution < -0.4 is 9.80 Å². The van der Waals surface area contributed by atoms with E-state index in [1.165, 1.54) is 10.8 Å². The zero-order chi connectivity index (χ0) is 57.7. The van der Waals surface area contributed by atoms with Gasteiger partial charge in [-0.2, -0.15) is 0 Å². The van der Waals surface area contributed by atoms with Crippen molar-refractivity contribution in [2.24, 2.45) is 0 Å². The Labute approximate surface area is 502 Å². The topological polar surface area (TPSA) is 98.5 Å². The van der Waals surface area contributed by atoms with Gasteiger partial charge >= 0.3 is 0 Å². The fourth-order valence-corrected chi connectivity index (χ4v) is 14.6. The molecule has 89 heavy (non-hydrogen) atoms. The maximum absolute atomic E-state index is 6.92. The predicted octanol–water partition coefficient (Wildman–Crippen LogP) is 24.2. The number of nitrogens with zero attached hydrogens (tertiary/aromatic N) is 2. The molecule has 0 aliphatic heterocycles. The average Bonchev–Trinajstić information content (AvgIpc) is 1.74. The second-order valence-electron chi connectivity index (χ2n) is 23.4. The number of hydrogen-bond acceptors (Lipinski definition) is 9. The minimum absolute atomic E-state index is 0.736. The summed E-state index contributed by atoms with van der Waals surface area (Å²) in [5.74, 6) is 0. The van der Waals surface area contributed by atoms with Crippen molar-refractivity contribution in [2.75, 3.05) is 9.80 Å². The molecule has 21 rings (SSSR count). The Bertz CT molecular complexity index is 6260. The Balaban J connectivity index is 0.694. The zero-order valence-corrected chi connectivity index (χ0v) is 47.0. The third-order valence-corrected chi connectivity index (χ3v) is 18.6. The molecule has 414 valence electrons. The van der Waals surface area contributed by atoms with E-state index in [1.807, 2.05) is 24.3 Å². The lowest BCUT2D eigenvalue weighted by atomic mass is 10.0. The minimum Gasteiger partial charge on any atom is -0.456 e. The molecule has 7 heterocycles. The van der Waals surface area contributed by atoms with Crippen molar-refractivity contribution in [2.45, 2.75) is 0 Å². The smallest absolute Gasteiger partial charge is 0.159 e. The quantitative estimate of drug-likeness (QED) is 0.161. The second-order valence-corrected chi connectivity index (χ2v) is 23.4. The Morgan fingerprint density at radius 1 is 0.180 bits per heavy atom. The number of rotatable bonds is 6. The van der Waals surface area contributed by atoms with E-state index in [0.29, 0.717) is 0 Å². The number of fused-ring (bicyclic) bond motifs is 25. The van der Waals surface area contributed by atoms with Gasteiger partial charge in [0.1, 0.15) is 67.0 Å². The first kappa shape index (κ1) is 47.1. The normalized spacial score (nSPS) is 12.5. The number of benzene rings is 14. The van der Waals surface area contributed by atoms with Crippen LogP contribution in [0.1, 0.15) is 0 Å². The van der Waals surface area contributed by atoms with Crippen LogP contribution in [0.15, 0.2) is 286 Å². The molecule has 0 aliphatic carbocycles. The lowest BCUT2D eigenvalue weighted by Gasteiger charge is -2.25.